The number of amides is 1. The van der Waals surface area contributed by atoms with Crippen molar-refractivity contribution in [3.05, 3.63) is 45.6 Å². The van der Waals surface area contributed by atoms with E-state index in [0.29, 0.717) is 24.5 Å². The molecule has 27 heavy (non-hydrogen) atoms. The molecule has 1 aliphatic rings. The van der Waals surface area contributed by atoms with Gasteiger partial charge in [0.2, 0.25) is 0 Å². The van der Waals surface area contributed by atoms with E-state index in [4.69, 9.17) is 10.5 Å². The number of nitrogen functional groups attached to an aromatic ring is 1. The highest BCUT2D eigenvalue weighted by Crippen LogP contribution is 2.25. The predicted molar refractivity (Wildman–Crippen MR) is 105 cm³/mol. The fourth-order valence-corrected chi connectivity index (χ4v) is 3.43. The van der Waals surface area contributed by atoms with Crippen LogP contribution in [0.4, 0.5) is 10.6 Å². The van der Waals surface area contributed by atoms with Crippen LogP contribution in [-0.4, -0.2) is 38.8 Å². The monoisotopic (exact) mass is 434 g/mol. The smallest absolute Gasteiger partial charge is 0.410 e. The fourth-order valence-electron chi connectivity index (χ4n) is 2.99. The molecule has 2 N–H and O–H groups in total. The molecule has 0 spiro atoms. The second kappa shape index (κ2) is 7.34. The average Bonchev–Trinajstić information content (AvgIpc) is 2.90. The van der Waals surface area contributed by atoms with Gasteiger partial charge in [0.25, 0.3) is 5.91 Å². The number of aromatic nitrogens is 2. The summed E-state index contributed by atoms with van der Waals surface area (Å²) in [5.74, 6) is 0.151. The maximum atomic E-state index is 12.7. The first-order valence-corrected chi connectivity index (χ1v) is 9.55. The van der Waals surface area contributed by atoms with Crippen LogP contribution in [0.1, 0.15) is 42.4 Å². The molecule has 1 aromatic heterocycles. The van der Waals surface area contributed by atoms with Gasteiger partial charge >= 0.3 is 6.09 Å². The molecule has 0 radical (unpaired) electrons. The van der Waals surface area contributed by atoms with E-state index in [9.17, 15) is 9.59 Å². The number of anilines is 1. The van der Waals surface area contributed by atoms with Gasteiger partial charge in [-0.1, -0.05) is 28.1 Å². The highest BCUT2D eigenvalue weighted by atomic mass is 79.9. The lowest BCUT2D eigenvalue weighted by Gasteiger charge is -2.29. The van der Waals surface area contributed by atoms with Gasteiger partial charge in [-0.25, -0.2) is 4.79 Å². The van der Waals surface area contributed by atoms with E-state index in [2.05, 4.69) is 21.0 Å². The molecule has 1 aromatic carbocycles. The van der Waals surface area contributed by atoms with Crippen molar-refractivity contribution in [2.75, 3.05) is 12.3 Å². The molecule has 0 atom stereocenters. The molecule has 1 amide bonds. The zero-order valence-corrected chi connectivity index (χ0v) is 17.2. The second-order valence-electron chi connectivity index (χ2n) is 7.57. The third-order valence-corrected chi connectivity index (χ3v) is 4.70. The Bertz CT molecular complexity index is 886. The molecule has 3 rings (SSSR count). The number of hydrogen-bond donors (Lipinski definition) is 1. The van der Waals surface area contributed by atoms with Gasteiger partial charge in [0.05, 0.1) is 18.7 Å². The van der Waals surface area contributed by atoms with Crippen molar-refractivity contribution >= 4 is 33.7 Å². The Kier molecular flexibility index (Phi) is 5.28. The topological polar surface area (TPSA) is 90.5 Å². The summed E-state index contributed by atoms with van der Waals surface area (Å²) in [5, 5.41) is 4.38. The van der Waals surface area contributed by atoms with Gasteiger partial charge in [0, 0.05) is 16.6 Å². The summed E-state index contributed by atoms with van der Waals surface area (Å²) in [4.78, 5) is 26.5. The molecule has 1 aliphatic heterocycles. The molecular formula is C19H23BrN4O3. The minimum atomic E-state index is -0.560. The molecule has 7 nitrogen and oxygen atoms in total. The molecule has 0 unspecified atom stereocenters. The van der Waals surface area contributed by atoms with Gasteiger partial charge in [0.1, 0.15) is 11.4 Å². The van der Waals surface area contributed by atoms with Gasteiger partial charge in [-0.05, 0) is 44.9 Å². The molecule has 2 aromatic rings. The third-order valence-electron chi connectivity index (χ3n) is 4.21. The van der Waals surface area contributed by atoms with E-state index >= 15 is 0 Å². The number of hydrogen-bond acceptors (Lipinski definition) is 5. The number of carbonyl (C=O) groups excluding carboxylic acids is 2. The number of nitrogens with zero attached hydrogens (tertiary/aromatic N) is 3. The lowest BCUT2D eigenvalue weighted by atomic mass is 10.1. The maximum Gasteiger partial charge on any atom is 0.410 e. The van der Waals surface area contributed by atoms with Gasteiger partial charge in [-0.15, -0.1) is 0 Å². The van der Waals surface area contributed by atoms with Crippen molar-refractivity contribution in [1.29, 1.82) is 0 Å². The zero-order chi connectivity index (χ0) is 19.8. The first-order valence-electron chi connectivity index (χ1n) is 8.76. The Morgan fingerprint density at radius 2 is 2.07 bits per heavy atom. The summed E-state index contributed by atoms with van der Waals surface area (Å²) in [6, 6.07) is 7.55. The zero-order valence-electron chi connectivity index (χ0n) is 15.7. The molecule has 0 saturated heterocycles. The molecule has 0 saturated carbocycles. The molecule has 8 heteroatoms. The van der Waals surface area contributed by atoms with Crippen LogP contribution in [-0.2, 0) is 24.1 Å². The third kappa shape index (κ3) is 4.50. The number of rotatable bonds is 2. The summed E-state index contributed by atoms with van der Waals surface area (Å²) in [6.45, 7) is 6.25. The van der Waals surface area contributed by atoms with Gasteiger partial charge in [0.15, 0.2) is 0 Å². The quantitative estimate of drug-likeness (QED) is 0.781. The summed E-state index contributed by atoms with van der Waals surface area (Å²) in [7, 11) is 0. The SMILES string of the molecule is CC(C)(C)OC(=O)N1CCc2c(nn(C(=O)Cc3cccc(Br)c3)c2N)C1. The van der Waals surface area contributed by atoms with Crippen molar-refractivity contribution in [3.8, 4) is 0 Å². The minimum Gasteiger partial charge on any atom is -0.444 e. The van der Waals surface area contributed by atoms with Crippen LogP contribution < -0.4 is 5.73 Å². The van der Waals surface area contributed by atoms with E-state index in [0.717, 1.165) is 15.6 Å². The number of fused-ring (bicyclic) bond motifs is 1. The lowest BCUT2D eigenvalue weighted by molar-refractivity contribution is 0.0221. The summed E-state index contributed by atoms with van der Waals surface area (Å²) >= 11 is 3.40. The Morgan fingerprint density at radius 3 is 2.74 bits per heavy atom. The second-order valence-corrected chi connectivity index (χ2v) is 8.49. The van der Waals surface area contributed by atoms with Crippen molar-refractivity contribution in [3.63, 3.8) is 0 Å². The van der Waals surface area contributed by atoms with Crippen LogP contribution in [0.15, 0.2) is 28.7 Å². The van der Waals surface area contributed by atoms with Crippen molar-refractivity contribution < 1.29 is 14.3 Å². The van der Waals surface area contributed by atoms with Crippen LogP contribution in [0, 0.1) is 0 Å². The van der Waals surface area contributed by atoms with E-state index in [1.807, 2.05) is 45.0 Å². The number of halogens is 1. The number of carbonyl (C=O) groups is 2. The van der Waals surface area contributed by atoms with Crippen molar-refractivity contribution in [1.82, 2.24) is 14.7 Å². The molecule has 144 valence electrons. The van der Waals surface area contributed by atoms with Crippen molar-refractivity contribution in [2.45, 2.75) is 45.8 Å². The number of ether oxygens (including phenoxy) is 1. The minimum absolute atomic E-state index is 0.194. The summed E-state index contributed by atoms with van der Waals surface area (Å²) in [6.07, 6.45) is 0.353. The molecular weight excluding hydrogens is 412 g/mol. The van der Waals surface area contributed by atoms with E-state index in [1.54, 1.807) is 4.90 Å². The first-order chi connectivity index (χ1) is 12.6. The molecule has 0 fully saturated rings. The first kappa shape index (κ1) is 19.4. The van der Waals surface area contributed by atoms with Crippen LogP contribution in [0.2, 0.25) is 0 Å². The summed E-state index contributed by atoms with van der Waals surface area (Å²) < 4.78 is 7.58. The Labute approximate surface area is 166 Å². The standard InChI is InChI=1S/C19H23BrN4O3/c1-19(2,3)27-18(26)23-8-7-14-15(11-23)22-24(17(14)21)16(25)10-12-5-4-6-13(20)9-12/h4-6,9H,7-8,10-11,21H2,1-3H3. The largest absolute Gasteiger partial charge is 0.444 e. The Morgan fingerprint density at radius 1 is 1.33 bits per heavy atom. The molecule has 2 heterocycles. The van der Waals surface area contributed by atoms with Gasteiger partial charge < -0.3 is 15.4 Å². The summed E-state index contributed by atoms with van der Waals surface area (Å²) in [5.41, 5.74) is 7.96. The highest BCUT2D eigenvalue weighted by Gasteiger charge is 2.30. The van der Waals surface area contributed by atoms with Crippen LogP contribution in [0.5, 0.6) is 0 Å². The van der Waals surface area contributed by atoms with Crippen LogP contribution in [0.3, 0.4) is 0 Å². The lowest BCUT2D eigenvalue weighted by Crippen LogP contribution is -2.39. The fraction of sp³-hybridized carbons (Fsp3) is 0.421. The number of nitrogens with two attached hydrogens (primary N) is 1. The number of benzene rings is 1. The Balaban J connectivity index is 1.76. The van der Waals surface area contributed by atoms with Gasteiger partial charge in [-0.2, -0.15) is 9.78 Å². The predicted octanol–water partition coefficient (Wildman–Crippen LogP) is 3.40. The normalized spacial score (nSPS) is 14.0. The van der Waals surface area contributed by atoms with Crippen molar-refractivity contribution in [2.24, 2.45) is 0 Å². The van der Waals surface area contributed by atoms with E-state index < -0.39 is 5.60 Å². The van der Waals surface area contributed by atoms with E-state index in [-0.39, 0.29) is 25.0 Å². The van der Waals surface area contributed by atoms with E-state index in [1.165, 1.54) is 4.68 Å². The maximum absolute atomic E-state index is 12.7. The average molecular weight is 435 g/mol. The molecule has 0 aliphatic carbocycles. The Hall–Kier alpha value is -2.35. The van der Waals surface area contributed by atoms with Crippen LogP contribution >= 0.6 is 15.9 Å². The molecule has 0 bridgehead atoms. The van der Waals surface area contributed by atoms with Crippen LogP contribution in [0.25, 0.3) is 0 Å². The highest BCUT2D eigenvalue weighted by molar-refractivity contribution is 9.10. The van der Waals surface area contributed by atoms with Gasteiger partial charge in [-0.3, -0.25) is 4.79 Å².